The highest BCUT2D eigenvalue weighted by Gasteiger charge is 2.39. The van der Waals surface area contributed by atoms with E-state index in [1.54, 1.807) is 16.4 Å². The minimum atomic E-state index is -1.06. The summed E-state index contributed by atoms with van der Waals surface area (Å²) in [5.74, 6) is 0. The van der Waals surface area contributed by atoms with E-state index in [9.17, 15) is 0 Å². The molecule has 0 saturated heterocycles. The van der Waals surface area contributed by atoms with Crippen molar-refractivity contribution >= 4 is 18.1 Å². The Balaban J connectivity index is 2.84. The van der Waals surface area contributed by atoms with Crippen LogP contribution in [0.15, 0.2) is 18.2 Å². The minimum absolute atomic E-state index is 0.294. The number of fused-ring (bicyclic) bond motifs is 1. The summed E-state index contributed by atoms with van der Waals surface area (Å²) in [7, 11) is -1.06. The van der Waals surface area contributed by atoms with E-state index < -0.39 is 7.26 Å². The highest BCUT2D eigenvalue weighted by Crippen LogP contribution is 2.51. The molecule has 0 radical (unpaired) electrons. The highest BCUT2D eigenvalue weighted by atomic mass is 31.2. The molecule has 0 saturated carbocycles. The van der Waals surface area contributed by atoms with Crippen molar-refractivity contribution in [3.05, 3.63) is 34.9 Å². The summed E-state index contributed by atoms with van der Waals surface area (Å²) in [6.07, 6.45) is 4.84. The maximum absolute atomic E-state index is 2.58. The Morgan fingerprint density at radius 2 is 1.41 bits per heavy atom. The average molecular weight is 317 g/mol. The number of hydrogen-bond acceptors (Lipinski definition) is 0. The monoisotopic (exact) mass is 317 g/mol. The van der Waals surface area contributed by atoms with Crippen molar-refractivity contribution in [3.63, 3.8) is 0 Å². The lowest BCUT2D eigenvalue weighted by Gasteiger charge is -2.42. The second-order valence-electron chi connectivity index (χ2n) is 9.17. The number of benzene rings is 1. The first kappa shape index (κ1) is 17.7. The predicted octanol–water partition coefficient (Wildman–Crippen LogP) is 5.99. The van der Waals surface area contributed by atoms with E-state index in [1.165, 1.54) is 24.0 Å². The zero-order valence-corrected chi connectivity index (χ0v) is 17.0. The summed E-state index contributed by atoms with van der Waals surface area (Å²) in [4.78, 5) is 0. The molecule has 1 aromatic carbocycles. The van der Waals surface area contributed by atoms with E-state index in [1.807, 2.05) is 0 Å². The topological polar surface area (TPSA) is 0 Å². The molecule has 1 aliphatic carbocycles. The van der Waals surface area contributed by atoms with Crippen molar-refractivity contribution in [1.82, 2.24) is 0 Å². The van der Waals surface area contributed by atoms with Crippen LogP contribution < -0.4 is 5.30 Å². The van der Waals surface area contributed by atoms with Crippen LogP contribution in [0.4, 0.5) is 0 Å². The Morgan fingerprint density at radius 1 is 0.955 bits per heavy atom. The van der Waals surface area contributed by atoms with Gasteiger partial charge in [0.25, 0.3) is 0 Å². The van der Waals surface area contributed by atoms with Crippen LogP contribution >= 0.6 is 7.26 Å². The normalized spacial score (nSPS) is 20.7. The maximum atomic E-state index is 2.58. The third-order valence-electron chi connectivity index (χ3n) is 5.55. The molecule has 0 aliphatic heterocycles. The van der Waals surface area contributed by atoms with Crippen LogP contribution in [0.25, 0.3) is 5.57 Å². The van der Waals surface area contributed by atoms with Gasteiger partial charge in [-0.15, -0.1) is 0 Å². The number of hydrogen-bond donors (Lipinski definition) is 0. The van der Waals surface area contributed by atoms with Gasteiger partial charge in [-0.1, -0.05) is 33.8 Å². The Morgan fingerprint density at radius 3 is 1.82 bits per heavy atom. The van der Waals surface area contributed by atoms with E-state index in [4.69, 9.17) is 0 Å². The van der Waals surface area contributed by atoms with Gasteiger partial charge in [-0.3, -0.25) is 0 Å². The van der Waals surface area contributed by atoms with E-state index in [-0.39, 0.29) is 0 Å². The first-order valence-electron chi connectivity index (χ1n) is 8.54. The van der Waals surface area contributed by atoms with Crippen molar-refractivity contribution in [2.24, 2.45) is 0 Å². The molecule has 1 aromatic rings. The van der Waals surface area contributed by atoms with Crippen LogP contribution in [-0.4, -0.2) is 20.0 Å². The van der Waals surface area contributed by atoms with E-state index >= 15 is 0 Å². The summed E-state index contributed by atoms with van der Waals surface area (Å²) in [5.41, 5.74) is 6.69. The highest BCUT2D eigenvalue weighted by molar-refractivity contribution is 7.81. The van der Waals surface area contributed by atoms with Gasteiger partial charge in [0.15, 0.2) is 0 Å². The number of rotatable bonds is 2. The van der Waals surface area contributed by atoms with Crippen LogP contribution in [0.5, 0.6) is 0 Å². The van der Waals surface area contributed by atoms with Crippen LogP contribution in [0.3, 0.4) is 0 Å². The standard InChI is InChI=1S/C21H34P/c1-10-15(2)16-13-17-18(14-19(16)22(7,8)9)21(5,6)12-11-20(17,3)4/h10,13-14H,11-12H2,1-9H3/q+1/b15-10+. The minimum Gasteiger partial charge on any atom is -0.0840 e. The van der Waals surface area contributed by atoms with Crippen LogP contribution in [0.2, 0.25) is 0 Å². The van der Waals surface area contributed by atoms with Gasteiger partial charge in [0.2, 0.25) is 0 Å². The molecule has 0 atom stereocenters. The van der Waals surface area contributed by atoms with Gasteiger partial charge in [-0.05, 0) is 66.4 Å². The van der Waals surface area contributed by atoms with Crippen LogP contribution in [0, 0.1) is 0 Å². The molecule has 0 fully saturated rings. The van der Waals surface area contributed by atoms with Gasteiger partial charge in [-0.25, -0.2) is 0 Å². The second-order valence-corrected chi connectivity index (χ2v) is 13.7. The molecule has 0 aromatic heterocycles. The average Bonchev–Trinajstić information content (AvgIpc) is 2.41. The molecule has 0 heterocycles. The molecule has 1 aliphatic rings. The largest absolute Gasteiger partial charge is 0.101 e. The lowest BCUT2D eigenvalue weighted by molar-refractivity contribution is 0.332. The predicted molar refractivity (Wildman–Crippen MR) is 105 cm³/mol. The fourth-order valence-corrected chi connectivity index (χ4v) is 5.11. The second kappa shape index (κ2) is 5.48. The van der Waals surface area contributed by atoms with Crippen molar-refractivity contribution < 1.29 is 0 Å². The van der Waals surface area contributed by atoms with Gasteiger partial charge in [0, 0.05) is 12.8 Å². The molecule has 0 bridgehead atoms. The quantitative estimate of drug-likeness (QED) is 0.588. The Hall–Kier alpha value is -0.610. The SMILES string of the molecule is C/C=C(\C)c1cc2c(cc1[P+](C)(C)C)C(C)(C)CCC2(C)C. The summed E-state index contributed by atoms with van der Waals surface area (Å²) in [5, 5.41) is 1.60. The van der Waals surface area contributed by atoms with Crippen LogP contribution in [0.1, 0.15) is 71.1 Å². The zero-order chi connectivity index (χ0) is 16.9. The van der Waals surface area contributed by atoms with Gasteiger partial charge < -0.3 is 0 Å². The molecule has 0 nitrogen and oxygen atoms in total. The van der Waals surface area contributed by atoms with Gasteiger partial charge in [0.05, 0.1) is 20.0 Å². The first-order valence-corrected chi connectivity index (χ1v) is 11.7. The first-order chi connectivity index (χ1) is 9.90. The summed E-state index contributed by atoms with van der Waals surface area (Å²) < 4.78 is 0. The molecule has 0 amide bonds. The van der Waals surface area contributed by atoms with Gasteiger partial charge in [-0.2, -0.15) is 0 Å². The lowest BCUT2D eigenvalue weighted by atomic mass is 9.63. The number of allylic oxidation sites excluding steroid dienone is 2. The Kier molecular flexibility index (Phi) is 4.42. The smallest absolute Gasteiger partial charge is 0.0840 e. The fourth-order valence-electron chi connectivity index (χ4n) is 3.63. The summed E-state index contributed by atoms with van der Waals surface area (Å²) in [6.45, 7) is 21.5. The molecule has 1 heteroatoms. The molecule has 22 heavy (non-hydrogen) atoms. The molecule has 2 rings (SSSR count). The molecular formula is C21H34P+. The molecule has 0 N–H and O–H groups in total. The molecule has 122 valence electrons. The third-order valence-corrected chi connectivity index (χ3v) is 7.37. The van der Waals surface area contributed by atoms with E-state index in [0.29, 0.717) is 10.8 Å². The zero-order valence-electron chi connectivity index (χ0n) is 16.1. The third kappa shape index (κ3) is 3.05. The van der Waals surface area contributed by atoms with Crippen molar-refractivity contribution in [2.75, 3.05) is 20.0 Å². The van der Waals surface area contributed by atoms with E-state index in [2.05, 4.69) is 79.7 Å². The fraction of sp³-hybridized carbons (Fsp3) is 0.619. The molecule has 0 unspecified atom stereocenters. The van der Waals surface area contributed by atoms with E-state index in [0.717, 1.165) is 0 Å². The molecular weight excluding hydrogens is 283 g/mol. The van der Waals surface area contributed by atoms with Crippen molar-refractivity contribution in [3.8, 4) is 0 Å². The van der Waals surface area contributed by atoms with Crippen LogP contribution in [-0.2, 0) is 10.8 Å². The Labute approximate surface area is 138 Å². The van der Waals surface area contributed by atoms with Crippen molar-refractivity contribution in [1.29, 1.82) is 0 Å². The summed E-state index contributed by atoms with van der Waals surface area (Å²) >= 11 is 0. The van der Waals surface area contributed by atoms with Gasteiger partial charge >= 0.3 is 0 Å². The maximum Gasteiger partial charge on any atom is 0.101 e. The Bertz CT molecular complexity index is 610. The summed E-state index contributed by atoms with van der Waals surface area (Å²) in [6, 6.07) is 5.11. The lowest BCUT2D eigenvalue weighted by Crippen LogP contribution is -2.35. The molecule has 0 spiro atoms. The van der Waals surface area contributed by atoms with Gasteiger partial charge in [0.1, 0.15) is 5.30 Å². The van der Waals surface area contributed by atoms with Crippen molar-refractivity contribution in [2.45, 2.75) is 65.2 Å².